The average Bonchev–Trinajstić information content (AvgIpc) is 2.15. The van der Waals surface area contributed by atoms with E-state index >= 15 is 0 Å². The van der Waals surface area contributed by atoms with Crippen LogP contribution in [-0.2, 0) is 0 Å². The van der Waals surface area contributed by atoms with Crippen molar-refractivity contribution in [2.45, 2.75) is 39.2 Å². The molecule has 1 aromatic heterocycles. The van der Waals surface area contributed by atoms with E-state index in [1.54, 1.807) is 0 Å². The Labute approximate surface area is 101 Å². The minimum atomic E-state index is -0.0789. The van der Waals surface area contributed by atoms with Gasteiger partial charge in [0, 0.05) is 5.54 Å². The normalized spacial score (nSPS) is 11.3. The van der Waals surface area contributed by atoms with Gasteiger partial charge in [-0.3, -0.25) is 0 Å². The molecule has 0 saturated heterocycles. The van der Waals surface area contributed by atoms with Crippen molar-refractivity contribution in [3.8, 4) is 6.01 Å². The van der Waals surface area contributed by atoms with Crippen LogP contribution >= 0.6 is 11.6 Å². The highest BCUT2D eigenvalue weighted by Crippen LogP contribution is 2.18. The molecule has 16 heavy (non-hydrogen) atoms. The lowest BCUT2D eigenvalue weighted by molar-refractivity contribution is 0.378. The zero-order chi connectivity index (χ0) is 12.2. The minimum absolute atomic E-state index is 0.0789. The molecule has 0 atom stereocenters. The number of methoxy groups -OCH3 is 1. The molecule has 0 bridgehead atoms. The molecule has 1 N–H and O–H groups in total. The minimum Gasteiger partial charge on any atom is -0.467 e. The Morgan fingerprint density at radius 1 is 1.31 bits per heavy atom. The second-order valence-electron chi connectivity index (χ2n) is 4.17. The molecule has 1 heterocycles. The van der Waals surface area contributed by atoms with Crippen LogP contribution in [0.3, 0.4) is 0 Å². The van der Waals surface area contributed by atoms with Crippen LogP contribution in [-0.4, -0.2) is 27.6 Å². The summed E-state index contributed by atoms with van der Waals surface area (Å²) in [7, 11) is 1.49. The van der Waals surface area contributed by atoms with Gasteiger partial charge in [-0.25, -0.2) is 0 Å². The summed E-state index contributed by atoms with van der Waals surface area (Å²) in [6, 6.07) is 0.217. The predicted molar refractivity (Wildman–Crippen MR) is 64.0 cm³/mol. The monoisotopic (exact) mass is 244 g/mol. The first-order chi connectivity index (χ1) is 7.46. The first-order valence-electron chi connectivity index (χ1n) is 5.20. The standard InChI is InChI=1S/C10H17ClN4O/c1-5-6-10(2,3)15-8-12-7(11)13-9(14-8)16-4/h5-6H2,1-4H3,(H,12,13,14,15). The number of nitrogens with one attached hydrogen (secondary N) is 1. The molecule has 0 radical (unpaired) electrons. The summed E-state index contributed by atoms with van der Waals surface area (Å²) in [4.78, 5) is 11.9. The van der Waals surface area contributed by atoms with Gasteiger partial charge in [0.05, 0.1) is 7.11 Å². The summed E-state index contributed by atoms with van der Waals surface area (Å²) in [6.45, 7) is 6.30. The largest absolute Gasteiger partial charge is 0.467 e. The number of anilines is 1. The second-order valence-corrected chi connectivity index (χ2v) is 4.51. The molecule has 0 unspecified atom stereocenters. The van der Waals surface area contributed by atoms with Crippen LogP contribution in [0, 0.1) is 0 Å². The third kappa shape index (κ3) is 3.81. The fourth-order valence-electron chi connectivity index (χ4n) is 1.47. The maximum absolute atomic E-state index is 5.75. The van der Waals surface area contributed by atoms with Gasteiger partial charge in [-0.05, 0) is 31.9 Å². The molecule has 1 rings (SSSR count). The lowest BCUT2D eigenvalue weighted by Crippen LogP contribution is -2.31. The van der Waals surface area contributed by atoms with Gasteiger partial charge in [0.25, 0.3) is 0 Å². The van der Waals surface area contributed by atoms with Gasteiger partial charge < -0.3 is 10.1 Å². The first-order valence-corrected chi connectivity index (χ1v) is 5.58. The number of ether oxygens (including phenoxy) is 1. The summed E-state index contributed by atoms with van der Waals surface area (Å²) >= 11 is 5.75. The molecule has 5 nitrogen and oxygen atoms in total. The van der Waals surface area contributed by atoms with Crippen LogP contribution in [0.2, 0.25) is 5.28 Å². The summed E-state index contributed by atoms with van der Waals surface area (Å²) in [5.74, 6) is 0.440. The Hall–Kier alpha value is -1.10. The number of hydrogen-bond acceptors (Lipinski definition) is 5. The molecule has 0 spiro atoms. The molecule has 0 aliphatic rings. The second kappa shape index (κ2) is 5.30. The molecule has 0 aliphatic heterocycles. The number of aromatic nitrogens is 3. The lowest BCUT2D eigenvalue weighted by Gasteiger charge is -2.25. The maximum Gasteiger partial charge on any atom is 0.322 e. The quantitative estimate of drug-likeness (QED) is 0.863. The van der Waals surface area contributed by atoms with Crippen molar-refractivity contribution in [3.05, 3.63) is 5.28 Å². The van der Waals surface area contributed by atoms with E-state index in [0.29, 0.717) is 5.95 Å². The highest BCUT2D eigenvalue weighted by Gasteiger charge is 2.18. The van der Waals surface area contributed by atoms with Gasteiger partial charge in [-0.1, -0.05) is 13.3 Å². The molecular weight excluding hydrogens is 228 g/mol. The third-order valence-electron chi connectivity index (χ3n) is 2.10. The molecule has 6 heteroatoms. The van der Waals surface area contributed by atoms with E-state index in [0.717, 1.165) is 12.8 Å². The van der Waals surface area contributed by atoms with Crippen molar-refractivity contribution < 1.29 is 4.74 Å². The van der Waals surface area contributed by atoms with Crippen LogP contribution in [0.5, 0.6) is 6.01 Å². The van der Waals surface area contributed by atoms with Gasteiger partial charge in [-0.2, -0.15) is 15.0 Å². The van der Waals surface area contributed by atoms with Crippen LogP contribution in [0.15, 0.2) is 0 Å². The van der Waals surface area contributed by atoms with E-state index in [2.05, 4.69) is 41.0 Å². The van der Waals surface area contributed by atoms with E-state index in [1.807, 2.05) is 0 Å². The maximum atomic E-state index is 5.75. The van der Waals surface area contributed by atoms with Crippen molar-refractivity contribution in [2.75, 3.05) is 12.4 Å². The van der Waals surface area contributed by atoms with Gasteiger partial charge in [0.15, 0.2) is 0 Å². The van der Waals surface area contributed by atoms with Gasteiger partial charge in [0.1, 0.15) is 0 Å². The number of rotatable bonds is 5. The lowest BCUT2D eigenvalue weighted by atomic mass is 9.99. The Balaban J connectivity index is 2.84. The van der Waals surface area contributed by atoms with Crippen molar-refractivity contribution >= 4 is 17.5 Å². The van der Waals surface area contributed by atoms with Gasteiger partial charge in [-0.15, -0.1) is 0 Å². The summed E-state index contributed by atoms with van der Waals surface area (Å²) < 4.78 is 4.92. The molecular formula is C10H17ClN4O. The average molecular weight is 245 g/mol. The highest BCUT2D eigenvalue weighted by atomic mass is 35.5. The molecule has 90 valence electrons. The van der Waals surface area contributed by atoms with E-state index in [9.17, 15) is 0 Å². The van der Waals surface area contributed by atoms with Crippen molar-refractivity contribution in [2.24, 2.45) is 0 Å². The van der Waals surface area contributed by atoms with Crippen LogP contribution in [0.25, 0.3) is 0 Å². The first kappa shape index (κ1) is 13.0. The Bertz CT molecular complexity index is 357. The van der Waals surface area contributed by atoms with E-state index in [1.165, 1.54) is 7.11 Å². The molecule has 0 saturated carbocycles. The third-order valence-corrected chi connectivity index (χ3v) is 2.26. The smallest absolute Gasteiger partial charge is 0.322 e. The summed E-state index contributed by atoms with van der Waals surface area (Å²) in [5, 5.41) is 3.33. The van der Waals surface area contributed by atoms with Crippen molar-refractivity contribution in [1.82, 2.24) is 15.0 Å². The topological polar surface area (TPSA) is 59.9 Å². The number of halogens is 1. The molecule has 0 amide bonds. The van der Waals surface area contributed by atoms with E-state index < -0.39 is 0 Å². The van der Waals surface area contributed by atoms with Crippen molar-refractivity contribution in [1.29, 1.82) is 0 Å². The zero-order valence-electron chi connectivity index (χ0n) is 10.0. The van der Waals surface area contributed by atoms with E-state index in [-0.39, 0.29) is 16.8 Å². The summed E-state index contributed by atoms with van der Waals surface area (Å²) in [5.41, 5.74) is -0.0789. The number of nitrogens with zero attached hydrogens (tertiary/aromatic N) is 3. The van der Waals surface area contributed by atoms with Crippen LogP contribution in [0.4, 0.5) is 5.95 Å². The van der Waals surface area contributed by atoms with E-state index in [4.69, 9.17) is 16.3 Å². The Kier molecular flexibility index (Phi) is 4.29. The SMILES string of the molecule is CCCC(C)(C)Nc1nc(Cl)nc(OC)n1. The fourth-order valence-corrected chi connectivity index (χ4v) is 1.62. The fraction of sp³-hybridized carbons (Fsp3) is 0.700. The Morgan fingerprint density at radius 2 is 2.00 bits per heavy atom. The molecule has 0 fully saturated rings. The van der Waals surface area contributed by atoms with Crippen LogP contribution in [0.1, 0.15) is 33.6 Å². The predicted octanol–water partition coefficient (Wildman–Crippen LogP) is 2.52. The van der Waals surface area contributed by atoms with Crippen molar-refractivity contribution in [3.63, 3.8) is 0 Å². The molecule has 0 aromatic carbocycles. The van der Waals surface area contributed by atoms with Gasteiger partial charge in [0.2, 0.25) is 11.2 Å². The van der Waals surface area contributed by atoms with Gasteiger partial charge >= 0.3 is 6.01 Å². The molecule has 0 aliphatic carbocycles. The summed E-state index contributed by atoms with van der Waals surface area (Å²) in [6.07, 6.45) is 2.09. The number of hydrogen-bond donors (Lipinski definition) is 1. The van der Waals surface area contributed by atoms with Crippen LogP contribution < -0.4 is 10.1 Å². The molecule has 1 aromatic rings. The Morgan fingerprint density at radius 3 is 2.56 bits per heavy atom. The zero-order valence-corrected chi connectivity index (χ0v) is 10.8. The highest BCUT2D eigenvalue weighted by molar-refractivity contribution is 6.28.